The summed E-state index contributed by atoms with van der Waals surface area (Å²) in [5.41, 5.74) is 2.05. The van der Waals surface area contributed by atoms with Crippen molar-refractivity contribution in [3.63, 3.8) is 0 Å². The Bertz CT molecular complexity index is 438. The fourth-order valence-corrected chi connectivity index (χ4v) is 1.44. The molecular weight excluding hydrogens is 220 g/mol. The average molecular weight is 232 g/mol. The van der Waals surface area contributed by atoms with E-state index < -0.39 is 0 Å². The summed E-state index contributed by atoms with van der Waals surface area (Å²) in [6.45, 7) is 0.662. The van der Waals surface area contributed by atoms with Crippen LogP contribution in [-0.2, 0) is 6.54 Å². The van der Waals surface area contributed by atoms with Gasteiger partial charge in [0, 0.05) is 24.0 Å². The minimum Gasteiger partial charge on any atom is -0.358 e. The molecular formula is C11H12N4S. The van der Waals surface area contributed by atoms with E-state index in [0.717, 1.165) is 11.3 Å². The van der Waals surface area contributed by atoms with E-state index in [2.05, 4.69) is 20.8 Å². The molecule has 0 atom stereocenters. The molecule has 16 heavy (non-hydrogen) atoms. The lowest BCUT2D eigenvalue weighted by atomic mass is 10.3. The summed E-state index contributed by atoms with van der Waals surface area (Å²) in [5, 5.41) is 13.4. The van der Waals surface area contributed by atoms with Crippen molar-refractivity contribution in [2.75, 3.05) is 5.32 Å². The summed E-state index contributed by atoms with van der Waals surface area (Å²) in [4.78, 5) is 0. The lowest BCUT2D eigenvalue weighted by Gasteiger charge is -2.09. The molecule has 0 bridgehead atoms. The van der Waals surface area contributed by atoms with Crippen LogP contribution in [-0.4, -0.2) is 15.3 Å². The van der Waals surface area contributed by atoms with Crippen molar-refractivity contribution in [2.24, 2.45) is 0 Å². The number of para-hydroxylation sites is 1. The molecule has 82 valence electrons. The summed E-state index contributed by atoms with van der Waals surface area (Å²) in [5.74, 6) is 0. The number of anilines is 1. The maximum Gasteiger partial charge on any atom is 0.171 e. The van der Waals surface area contributed by atoms with E-state index in [9.17, 15) is 0 Å². The Hall–Kier alpha value is -1.88. The van der Waals surface area contributed by atoms with Crippen molar-refractivity contribution in [1.29, 1.82) is 0 Å². The van der Waals surface area contributed by atoms with E-state index in [1.165, 1.54) is 0 Å². The van der Waals surface area contributed by atoms with Gasteiger partial charge in [-0.3, -0.25) is 5.10 Å². The van der Waals surface area contributed by atoms with E-state index in [-0.39, 0.29) is 0 Å². The molecule has 0 saturated carbocycles. The standard InChI is InChI=1S/C11H12N4S/c16-11(12-6-9-7-13-14-8-9)15-10-4-2-1-3-5-10/h1-5,7-8H,6H2,(H,13,14)(H2,12,15,16). The fraction of sp³-hybridized carbons (Fsp3) is 0.0909. The minimum absolute atomic E-state index is 0.604. The molecule has 0 spiro atoms. The Morgan fingerprint density at radius 2 is 2.12 bits per heavy atom. The van der Waals surface area contributed by atoms with Crippen molar-refractivity contribution in [3.05, 3.63) is 48.3 Å². The van der Waals surface area contributed by atoms with Crippen molar-refractivity contribution < 1.29 is 0 Å². The Morgan fingerprint density at radius 1 is 1.31 bits per heavy atom. The zero-order valence-corrected chi connectivity index (χ0v) is 9.42. The van der Waals surface area contributed by atoms with Gasteiger partial charge in [0.1, 0.15) is 0 Å². The maximum atomic E-state index is 5.16. The Balaban J connectivity index is 1.81. The van der Waals surface area contributed by atoms with Gasteiger partial charge in [-0.05, 0) is 24.4 Å². The first kappa shape index (κ1) is 10.6. The van der Waals surface area contributed by atoms with Gasteiger partial charge in [-0.15, -0.1) is 0 Å². The summed E-state index contributed by atoms with van der Waals surface area (Å²) >= 11 is 5.16. The Kier molecular flexibility index (Phi) is 3.50. The second-order valence-corrected chi connectivity index (χ2v) is 3.69. The smallest absolute Gasteiger partial charge is 0.171 e. The first-order valence-electron chi connectivity index (χ1n) is 4.92. The molecule has 0 aliphatic heterocycles. The molecule has 1 aromatic heterocycles. The van der Waals surface area contributed by atoms with Crippen LogP contribution >= 0.6 is 12.2 Å². The van der Waals surface area contributed by atoms with Gasteiger partial charge < -0.3 is 10.6 Å². The van der Waals surface area contributed by atoms with Crippen LogP contribution in [0, 0.1) is 0 Å². The minimum atomic E-state index is 0.604. The van der Waals surface area contributed by atoms with Crippen LogP contribution in [0.15, 0.2) is 42.7 Å². The third-order valence-corrected chi connectivity index (χ3v) is 2.29. The van der Waals surface area contributed by atoms with Crippen LogP contribution in [0.4, 0.5) is 5.69 Å². The van der Waals surface area contributed by atoms with Gasteiger partial charge in [0.2, 0.25) is 0 Å². The van der Waals surface area contributed by atoms with E-state index in [1.807, 2.05) is 36.5 Å². The predicted molar refractivity (Wildman–Crippen MR) is 68.1 cm³/mol. The number of H-pyrrole nitrogens is 1. The zero-order valence-electron chi connectivity index (χ0n) is 8.60. The molecule has 3 N–H and O–H groups in total. The quantitative estimate of drug-likeness (QED) is 0.707. The molecule has 1 aromatic carbocycles. The predicted octanol–water partition coefficient (Wildman–Crippen LogP) is 1.90. The zero-order chi connectivity index (χ0) is 11.2. The van der Waals surface area contributed by atoms with Crippen LogP contribution in [0.5, 0.6) is 0 Å². The largest absolute Gasteiger partial charge is 0.358 e. The SMILES string of the molecule is S=C(NCc1cn[nH]c1)Nc1ccccc1. The molecule has 0 fully saturated rings. The number of rotatable bonds is 3. The molecule has 0 aliphatic carbocycles. The number of thiocarbonyl (C=S) groups is 1. The second-order valence-electron chi connectivity index (χ2n) is 3.28. The molecule has 2 aromatic rings. The van der Waals surface area contributed by atoms with Crippen molar-refractivity contribution in [2.45, 2.75) is 6.54 Å². The molecule has 0 saturated heterocycles. The monoisotopic (exact) mass is 232 g/mol. The van der Waals surface area contributed by atoms with Crippen molar-refractivity contribution >= 4 is 23.0 Å². The van der Waals surface area contributed by atoms with Gasteiger partial charge in [0.25, 0.3) is 0 Å². The highest BCUT2D eigenvalue weighted by Gasteiger charge is 1.97. The molecule has 0 unspecified atom stereocenters. The molecule has 5 heteroatoms. The number of benzene rings is 1. The number of hydrogen-bond donors (Lipinski definition) is 3. The van der Waals surface area contributed by atoms with E-state index in [1.54, 1.807) is 6.20 Å². The Morgan fingerprint density at radius 3 is 2.81 bits per heavy atom. The molecule has 1 heterocycles. The Labute approximate surface area is 99.1 Å². The third kappa shape index (κ3) is 3.06. The fourth-order valence-electron chi connectivity index (χ4n) is 1.25. The van der Waals surface area contributed by atoms with Crippen LogP contribution in [0.3, 0.4) is 0 Å². The topological polar surface area (TPSA) is 52.7 Å². The number of aromatic nitrogens is 2. The number of hydrogen-bond acceptors (Lipinski definition) is 2. The van der Waals surface area contributed by atoms with Gasteiger partial charge in [-0.2, -0.15) is 5.10 Å². The van der Waals surface area contributed by atoms with Crippen LogP contribution < -0.4 is 10.6 Å². The van der Waals surface area contributed by atoms with Crippen LogP contribution in [0.2, 0.25) is 0 Å². The van der Waals surface area contributed by atoms with E-state index in [4.69, 9.17) is 12.2 Å². The highest BCUT2D eigenvalue weighted by Crippen LogP contribution is 2.04. The summed E-state index contributed by atoms with van der Waals surface area (Å²) in [6.07, 6.45) is 3.59. The van der Waals surface area contributed by atoms with E-state index in [0.29, 0.717) is 11.7 Å². The van der Waals surface area contributed by atoms with Gasteiger partial charge >= 0.3 is 0 Å². The summed E-state index contributed by atoms with van der Waals surface area (Å²) < 4.78 is 0. The summed E-state index contributed by atoms with van der Waals surface area (Å²) in [6, 6.07) is 9.81. The highest BCUT2D eigenvalue weighted by molar-refractivity contribution is 7.80. The van der Waals surface area contributed by atoms with Crippen LogP contribution in [0.25, 0.3) is 0 Å². The van der Waals surface area contributed by atoms with Crippen LogP contribution in [0.1, 0.15) is 5.56 Å². The lowest BCUT2D eigenvalue weighted by molar-refractivity contribution is 0.927. The average Bonchev–Trinajstić information content (AvgIpc) is 2.81. The number of nitrogens with zero attached hydrogens (tertiary/aromatic N) is 1. The number of aromatic amines is 1. The molecule has 2 rings (SSSR count). The van der Waals surface area contributed by atoms with Crippen molar-refractivity contribution in [1.82, 2.24) is 15.5 Å². The molecule has 0 amide bonds. The molecule has 0 aliphatic rings. The van der Waals surface area contributed by atoms with Crippen molar-refractivity contribution in [3.8, 4) is 0 Å². The first-order valence-corrected chi connectivity index (χ1v) is 5.33. The maximum absolute atomic E-state index is 5.16. The third-order valence-electron chi connectivity index (χ3n) is 2.04. The first-order chi connectivity index (χ1) is 7.84. The van der Waals surface area contributed by atoms with Gasteiger partial charge in [-0.1, -0.05) is 18.2 Å². The lowest BCUT2D eigenvalue weighted by Crippen LogP contribution is -2.27. The van der Waals surface area contributed by atoms with Gasteiger partial charge in [-0.25, -0.2) is 0 Å². The molecule has 0 radical (unpaired) electrons. The second kappa shape index (κ2) is 5.27. The highest BCUT2D eigenvalue weighted by atomic mass is 32.1. The molecule has 4 nitrogen and oxygen atoms in total. The van der Waals surface area contributed by atoms with Gasteiger partial charge in [0.15, 0.2) is 5.11 Å². The van der Waals surface area contributed by atoms with Gasteiger partial charge in [0.05, 0.1) is 6.20 Å². The normalized spacial score (nSPS) is 9.75. The summed E-state index contributed by atoms with van der Waals surface area (Å²) in [7, 11) is 0. The number of nitrogens with one attached hydrogen (secondary N) is 3. The van der Waals surface area contributed by atoms with E-state index >= 15 is 0 Å².